The summed E-state index contributed by atoms with van der Waals surface area (Å²) in [5.41, 5.74) is 0.888. The van der Waals surface area contributed by atoms with E-state index in [4.69, 9.17) is 18.9 Å². The second-order valence-corrected chi connectivity index (χ2v) is 17.0. The van der Waals surface area contributed by atoms with Crippen molar-refractivity contribution in [1.29, 1.82) is 0 Å². The Hall–Kier alpha value is -3.02. The van der Waals surface area contributed by atoms with E-state index in [0.717, 1.165) is 48.0 Å². The molecule has 2 saturated carbocycles. The van der Waals surface area contributed by atoms with Gasteiger partial charge >= 0.3 is 11.9 Å². The first-order valence-electron chi connectivity index (χ1n) is 22.8. The van der Waals surface area contributed by atoms with Gasteiger partial charge in [-0.1, -0.05) is 142 Å². The molecule has 4 rings (SSSR count). The van der Waals surface area contributed by atoms with E-state index < -0.39 is 18.0 Å². The van der Waals surface area contributed by atoms with Crippen molar-refractivity contribution in [2.75, 3.05) is 19.8 Å². The van der Waals surface area contributed by atoms with Gasteiger partial charge in [-0.25, -0.2) is 9.59 Å². The third-order valence-corrected chi connectivity index (χ3v) is 12.4. The number of hydrogen-bond acceptors (Lipinski definition) is 6. The zero-order chi connectivity index (χ0) is 38.9. The van der Waals surface area contributed by atoms with Crippen molar-refractivity contribution < 1.29 is 28.5 Å². The average molecular weight is 761 g/mol. The van der Waals surface area contributed by atoms with E-state index in [2.05, 4.69) is 13.8 Å². The first-order chi connectivity index (χ1) is 26.9. The van der Waals surface area contributed by atoms with Crippen LogP contribution in [0.25, 0.3) is 0 Å². The predicted molar refractivity (Wildman–Crippen MR) is 225 cm³/mol. The van der Waals surface area contributed by atoms with Gasteiger partial charge < -0.3 is 18.9 Å². The number of benzene rings is 2. The lowest BCUT2D eigenvalue weighted by Crippen LogP contribution is -2.22. The van der Waals surface area contributed by atoms with Gasteiger partial charge in [0.2, 0.25) is 0 Å². The van der Waals surface area contributed by atoms with Crippen LogP contribution < -0.4 is 9.47 Å². The summed E-state index contributed by atoms with van der Waals surface area (Å²) in [5, 5.41) is 0. The molecule has 2 aliphatic carbocycles. The number of ether oxygens (including phenoxy) is 4. The van der Waals surface area contributed by atoms with E-state index in [1.165, 1.54) is 141 Å². The van der Waals surface area contributed by atoms with Crippen molar-refractivity contribution in [3.05, 3.63) is 59.7 Å². The molecule has 0 radical (unpaired) electrons. The lowest BCUT2D eigenvalue weighted by Gasteiger charge is -2.28. The third kappa shape index (κ3) is 18.2. The van der Waals surface area contributed by atoms with Crippen molar-refractivity contribution in [2.24, 2.45) is 23.7 Å². The Bertz CT molecular complexity index is 1290. The molecule has 55 heavy (non-hydrogen) atoms. The van der Waals surface area contributed by atoms with Gasteiger partial charge in [-0.15, -0.1) is 0 Å². The maximum atomic E-state index is 12.7. The standard InChI is InChI=1S/C49H76O6/c1-4-6-8-10-12-16-40-20-24-42(25-21-40)18-14-36-52-46-32-28-44(29-33-46)48(50)54-38-39(3)55-49(51)45-30-34-47(35-31-45)53-37-15-19-43-26-22-41(23-27-43)17-13-11-9-7-5-2/h28-35,39-43H,4-27,36-38H2,1-3H3/t39-,40?,41?,42?,43?/m1/s1. The lowest BCUT2D eigenvalue weighted by atomic mass is 9.78. The van der Waals surface area contributed by atoms with E-state index in [1.54, 1.807) is 31.2 Å². The van der Waals surface area contributed by atoms with Crippen LogP contribution in [-0.2, 0) is 9.47 Å². The summed E-state index contributed by atoms with van der Waals surface area (Å²) in [6, 6.07) is 14.2. The highest BCUT2D eigenvalue weighted by molar-refractivity contribution is 5.90. The van der Waals surface area contributed by atoms with Gasteiger partial charge in [-0.3, -0.25) is 0 Å². The van der Waals surface area contributed by atoms with Gasteiger partial charge in [-0.2, -0.15) is 0 Å². The number of carbonyl (C=O) groups is 2. The van der Waals surface area contributed by atoms with E-state index >= 15 is 0 Å². The van der Waals surface area contributed by atoms with Crippen molar-refractivity contribution in [3.63, 3.8) is 0 Å². The second kappa shape index (κ2) is 26.8. The molecular formula is C49H76O6. The predicted octanol–water partition coefficient (Wildman–Crippen LogP) is 13.7. The van der Waals surface area contributed by atoms with Crippen LogP contribution in [0.15, 0.2) is 48.5 Å². The molecule has 0 N–H and O–H groups in total. The SMILES string of the molecule is CCCCCCCC1CCC(CCCOc2ccc(C(=O)OC[C@@H](C)OC(=O)c3ccc(OCCCC4CCC(CCCCCCC)CC4)cc3)cc2)CC1. The fourth-order valence-corrected chi connectivity index (χ4v) is 8.75. The van der Waals surface area contributed by atoms with Crippen molar-refractivity contribution >= 4 is 11.9 Å². The van der Waals surface area contributed by atoms with Gasteiger partial charge in [0.15, 0.2) is 0 Å². The number of esters is 2. The van der Waals surface area contributed by atoms with Gasteiger partial charge in [0.05, 0.1) is 24.3 Å². The molecule has 6 heteroatoms. The van der Waals surface area contributed by atoms with E-state index in [9.17, 15) is 9.59 Å². The fourth-order valence-electron chi connectivity index (χ4n) is 8.75. The van der Waals surface area contributed by atoms with Crippen LogP contribution >= 0.6 is 0 Å². The zero-order valence-corrected chi connectivity index (χ0v) is 35.0. The minimum atomic E-state index is -0.582. The number of unbranched alkanes of at least 4 members (excludes halogenated alkanes) is 8. The molecule has 2 aromatic rings. The Morgan fingerprint density at radius 3 is 1.27 bits per heavy atom. The van der Waals surface area contributed by atoms with Crippen LogP contribution in [0, 0.1) is 23.7 Å². The normalized spacial score (nSPS) is 20.4. The summed E-state index contributed by atoms with van der Waals surface area (Å²) < 4.78 is 23.0. The Labute approximate surface area is 335 Å². The lowest BCUT2D eigenvalue weighted by molar-refractivity contribution is 0.00447. The molecule has 0 unspecified atom stereocenters. The minimum absolute atomic E-state index is 0.0222. The topological polar surface area (TPSA) is 71.1 Å². The van der Waals surface area contributed by atoms with Crippen LogP contribution in [0.2, 0.25) is 0 Å². The fraction of sp³-hybridized carbons (Fsp3) is 0.714. The molecule has 0 bridgehead atoms. The van der Waals surface area contributed by atoms with Crippen molar-refractivity contribution in [1.82, 2.24) is 0 Å². The summed E-state index contributed by atoms with van der Waals surface area (Å²) in [6.07, 6.45) is 31.9. The Morgan fingerprint density at radius 2 is 0.873 bits per heavy atom. The maximum Gasteiger partial charge on any atom is 0.338 e. The average Bonchev–Trinajstić information content (AvgIpc) is 3.21. The number of carbonyl (C=O) groups excluding carboxylic acids is 2. The van der Waals surface area contributed by atoms with Gasteiger partial charge in [0.25, 0.3) is 0 Å². The van der Waals surface area contributed by atoms with E-state index in [1.807, 2.05) is 24.3 Å². The maximum absolute atomic E-state index is 12.7. The van der Waals surface area contributed by atoms with E-state index in [-0.39, 0.29) is 6.61 Å². The third-order valence-electron chi connectivity index (χ3n) is 12.4. The second-order valence-electron chi connectivity index (χ2n) is 17.0. The molecule has 2 fully saturated rings. The number of hydrogen-bond donors (Lipinski definition) is 0. The molecule has 0 heterocycles. The monoisotopic (exact) mass is 761 g/mol. The molecule has 2 aromatic carbocycles. The van der Waals surface area contributed by atoms with Crippen molar-refractivity contribution in [3.8, 4) is 11.5 Å². The zero-order valence-electron chi connectivity index (χ0n) is 35.0. The molecule has 2 aliphatic rings. The molecule has 0 spiro atoms. The summed E-state index contributed by atoms with van der Waals surface area (Å²) in [4.78, 5) is 25.4. The quantitative estimate of drug-likeness (QED) is 0.0667. The Balaban J connectivity index is 1.01. The first-order valence-corrected chi connectivity index (χ1v) is 22.8. The molecule has 1 atom stereocenters. The largest absolute Gasteiger partial charge is 0.494 e. The van der Waals surface area contributed by atoms with Gasteiger partial charge in [-0.05, 0) is 105 Å². The molecular weight excluding hydrogens is 685 g/mol. The molecule has 0 amide bonds. The van der Waals surface area contributed by atoms with E-state index in [0.29, 0.717) is 24.3 Å². The minimum Gasteiger partial charge on any atom is -0.494 e. The summed E-state index contributed by atoms with van der Waals surface area (Å²) in [5.74, 6) is 4.21. The van der Waals surface area contributed by atoms with Crippen LogP contribution in [0.5, 0.6) is 11.5 Å². The first kappa shape index (κ1) is 44.7. The Kier molecular flexibility index (Phi) is 21.7. The smallest absolute Gasteiger partial charge is 0.338 e. The van der Waals surface area contributed by atoms with Crippen molar-refractivity contribution in [2.45, 2.75) is 181 Å². The molecule has 308 valence electrons. The summed E-state index contributed by atoms with van der Waals surface area (Å²) in [6.45, 7) is 7.66. The molecule has 0 saturated heterocycles. The summed E-state index contributed by atoms with van der Waals surface area (Å²) >= 11 is 0. The van der Waals surface area contributed by atoms with Crippen LogP contribution in [0.4, 0.5) is 0 Å². The van der Waals surface area contributed by atoms with Gasteiger partial charge in [0.1, 0.15) is 24.2 Å². The number of rotatable bonds is 27. The van der Waals surface area contributed by atoms with Crippen LogP contribution in [0.1, 0.15) is 196 Å². The highest BCUT2D eigenvalue weighted by Crippen LogP contribution is 2.35. The highest BCUT2D eigenvalue weighted by Gasteiger charge is 2.22. The molecule has 6 nitrogen and oxygen atoms in total. The van der Waals surface area contributed by atoms with Crippen LogP contribution in [-0.4, -0.2) is 37.9 Å². The van der Waals surface area contributed by atoms with Gasteiger partial charge in [0, 0.05) is 0 Å². The summed E-state index contributed by atoms with van der Waals surface area (Å²) in [7, 11) is 0. The highest BCUT2D eigenvalue weighted by atomic mass is 16.6. The Morgan fingerprint density at radius 1 is 0.509 bits per heavy atom. The van der Waals surface area contributed by atoms with Crippen LogP contribution in [0.3, 0.4) is 0 Å². The molecule has 0 aliphatic heterocycles. The molecule has 0 aromatic heterocycles.